The third-order valence-corrected chi connectivity index (χ3v) is 6.02. The van der Waals surface area contributed by atoms with Gasteiger partial charge in [0.15, 0.2) is 0 Å². The molecule has 0 unspecified atom stereocenters. The Kier molecular flexibility index (Phi) is 3.50. The maximum atomic E-state index is 5.87. The Hall–Kier alpha value is -4.04. The summed E-state index contributed by atoms with van der Waals surface area (Å²) >= 11 is 0. The van der Waals surface area contributed by atoms with Gasteiger partial charge in [-0.05, 0) is 103 Å². The number of benzene rings is 6. The monoisotopic (exact) mass is 384 g/mol. The van der Waals surface area contributed by atoms with Crippen LogP contribution >= 0.6 is 0 Å². The van der Waals surface area contributed by atoms with Crippen LogP contribution in [0.2, 0.25) is 0 Å². The van der Waals surface area contributed by atoms with E-state index in [0.717, 1.165) is 11.4 Å². The van der Waals surface area contributed by atoms with E-state index in [0.29, 0.717) is 0 Å². The summed E-state index contributed by atoms with van der Waals surface area (Å²) in [4.78, 5) is 0. The third kappa shape index (κ3) is 2.58. The molecule has 0 saturated carbocycles. The first-order valence-corrected chi connectivity index (χ1v) is 10.1. The molecule has 0 saturated heterocycles. The van der Waals surface area contributed by atoms with Gasteiger partial charge in [0.25, 0.3) is 0 Å². The number of hydrogen-bond acceptors (Lipinski definition) is 2. The number of anilines is 2. The summed E-state index contributed by atoms with van der Waals surface area (Å²) in [5, 5.41) is 7.70. The van der Waals surface area contributed by atoms with E-state index in [1.165, 1.54) is 54.6 Å². The average molecular weight is 384 g/mol. The summed E-state index contributed by atoms with van der Waals surface area (Å²) in [5.41, 5.74) is 18.1. The molecule has 2 nitrogen and oxygen atoms in total. The van der Waals surface area contributed by atoms with Gasteiger partial charge in [0.1, 0.15) is 0 Å². The van der Waals surface area contributed by atoms with Crippen molar-refractivity contribution in [1.29, 1.82) is 0 Å². The number of rotatable bonds is 2. The van der Waals surface area contributed by atoms with Crippen molar-refractivity contribution in [1.82, 2.24) is 0 Å². The third-order valence-electron chi connectivity index (χ3n) is 6.02. The summed E-state index contributed by atoms with van der Waals surface area (Å²) in [6.45, 7) is 0. The van der Waals surface area contributed by atoms with Crippen LogP contribution in [-0.4, -0.2) is 0 Å². The molecule has 0 bridgehead atoms. The summed E-state index contributed by atoms with van der Waals surface area (Å²) in [5.74, 6) is 0. The normalized spacial score (nSPS) is 11.6. The molecule has 0 aliphatic heterocycles. The lowest BCUT2D eigenvalue weighted by molar-refractivity contribution is 1.64. The Balaban J connectivity index is 1.59. The van der Waals surface area contributed by atoms with Crippen molar-refractivity contribution in [3.05, 3.63) is 97.1 Å². The van der Waals surface area contributed by atoms with Crippen LogP contribution in [0.3, 0.4) is 0 Å². The van der Waals surface area contributed by atoms with E-state index in [2.05, 4.69) is 72.8 Å². The van der Waals surface area contributed by atoms with E-state index < -0.39 is 0 Å². The van der Waals surface area contributed by atoms with Gasteiger partial charge >= 0.3 is 0 Å². The van der Waals surface area contributed by atoms with Crippen LogP contribution < -0.4 is 11.5 Å². The molecule has 2 heteroatoms. The fourth-order valence-corrected chi connectivity index (χ4v) is 4.52. The Labute approximate surface area is 174 Å². The molecule has 0 fully saturated rings. The zero-order chi connectivity index (χ0) is 20.2. The SMILES string of the molecule is Nc1ccc(-c2cc3ccc4cc(-c5ccc(N)cc5)cc5ccc(c2)c3c45)cc1. The first-order valence-electron chi connectivity index (χ1n) is 10.1. The van der Waals surface area contributed by atoms with Gasteiger partial charge in [-0.3, -0.25) is 0 Å². The first kappa shape index (κ1) is 16.9. The van der Waals surface area contributed by atoms with Gasteiger partial charge in [-0.1, -0.05) is 48.5 Å². The topological polar surface area (TPSA) is 52.0 Å². The number of hydrogen-bond donors (Lipinski definition) is 2. The van der Waals surface area contributed by atoms with Crippen LogP contribution in [0.5, 0.6) is 0 Å². The van der Waals surface area contributed by atoms with E-state index in [1.807, 2.05) is 24.3 Å². The molecule has 0 radical (unpaired) electrons. The zero-order valence-electron chi connectivity index (χ0n) is 16.4. The van der Waals surface area contributed by atoms with Crippen LogP contribution in [0.25, 0.3) is 54.6 Å². The number of nitrogen functional groups attached to an aromatic ring is 2. The van der Waals surface area contributed by atoms with Gasteiger partial charge in [0.2, 0.25) is 0 Å². The Morgan fingerprint density at radius 2 is 0.633 bits per heavy atom. The summed E-state index contributed by atoms with van der Waals surface area (Å²) in [7, 11) is 0. The van der Waals surface area contributed by atoms with Gasteiger partial charge in [-0.15, -0.1) is 0 Å². The molecule has 0 aliphatic carbocycles. The quantitative estimate of drug-likeness (QED) is 0.247. The summed E-state index contributed by atoms with van der Waals surface area (Å²) < 4.78 is 0. The molecule has 0 spiro atoms. The Bertz CT molecular complexity index is 1340. The highest BCUT2D eigenvalue weighted by molar-refractivity contribution is 6.24. The second-order valence-corrected chi connectivity index (χ2v) is 7.97. The van der Waals surface area contributed by atoms with Gasteiger partial charge in [0.05, 0.1) is 0 Å². The van der Waals surface area contributed by atoms with Crippen LogP contribution in [0.1, 0.15) is 0 Å². The minimum absolute atomic E-state index is 0.785. The van der Waals surface area contributed by atoms with Gasteiger partial charge in [-0.25, -0.2) is 0 Å². The van der Waals surface area contributed by atoms with E-state index in [9.17, 15) is 0 Å². The van der Waals surface area contributed by atoms with Crippen molar-refractivity contribution < 1.29 is 0 Å². The van der Waals surface area contributed by atoms with Crippen molar-refractivity contribution >= 4 is 43.7 Å². The fraction of sp³-hybridized carbons (Fsp3) is 0. The van der Waals surface area contributed by atoms with Crippen molar-refractivity contribution in [3.8, 4) is 22.3 Å². The highest BCUT2D eigenvalue weighted by atomic mass is 14.5. The van der Waals surface area contributed by atoms with Crippen molar-refractivity contribution in [2.75, 3.05) is 11.5 Å². The minimum Gasteiger partial charge on any atom is -0.399 e. The standard InChI is InChI=1S/C28H20N2/c29-25-9-5-17(6-10-25)23-13-19-1-2-20-14-24(18-7-11-26(30)12-8-18)16-22-4-3-21(15-23)27(19)28(20)22/h1-16H,29-30H2. The molecule has 6 aromatic rings. The maximum Gasteiger partial charge on any atom is 0.0314 e. The zero-order valence-corrected chi connectivity index (χ0v) is 16.4. The average Bonchev–Trinajstić information content (AvgIpc) is 2.78. The molecular formula is C28H20N2. The van der Waals surface area contributed by atoms with Crippen LogP contribution in [0, 0.1) is 0 Å². The smallest absolute Gasteiger partial charge is 0.0314 e. The largest absolute Gasteiger partial charge is 0.399 e. The van der Waals surface area contributed by atoms with Crippen LogP contribution in [0.15, 0.2) is 97.1 Å². The van der Waals surface area contributed by atoms with Gasteiger partial charge < -0.3 is 11.5 Å². The van der Waals surface area contributed by atoms with E-state index in [1.54, 1.807) is 0 Å². The lowest BCUT2D eigenvalue weighted by Crippen LogP contribution is -1.88. The molecule has 0 amide bonds. The molecule has 30 heavy (non-hydrogen) atoms. The predicted octanol–water partition coefficient (Wildman–Crippen LogP) is 7.08. The molecule has 6 aromatic carbocycles. The molecule has 0 atom stereocenters. The molecule has 142 valence electrons. The minimum atomic E-state index is 0.785. The number of nitrogens with two attached hydrogens (primary N) is 2. The molecule has 0 aromatic heterocycles. The van der Waals surface area contributed by atoms with Crippen molar-refractivity contribution in [2.45, 2.75) is 0 Å². The highest BCUT2D eigenvalue weighted by Crippen LogP contribution is 2.39. The molecular weight excluding hydrogens is 364 g/mol. The predicted molar refractivity (Wildman–Crippen MR) is 130 cm³/mol. The lowest BCUT2D eigenvalue weighted by Gasteiger charge is -2.14. The highest BCUT2D eigenvalue weighted by Gasteiger charge is 2.12. The molecule has 0 aliphatic rings. The summed E-state index contributed by atoms with van der Waals surface area (Å²) in [6.07, 6.45) is 0. The summed E-state index contributed by atoms with van der Waals surface area (Å²) in [6, 6.07) is 34.2. The van der Waals surface area contributed by atoms with Crippen molar-refractivity contribution in [2.24, 2.45) is 0 Å². The molecule has 4 N–H and O–H groups in total. The fourth-order valence-electron chi connectivity index (χ4n) is 4.52. The van der Waals surface area contributed by atoms with Gasteiger partial charge in [-0.2, -0.15) is 0 Å². The van der Waals surface area contributed by atoms with Gasteiger partial charge in [0, 0.05) is 11.4 Å². The van der Waals surface area contributed by atoms with Crippen molar-refractivity contribution in [3.63, 3.8) is 0 Å². The van der Waals surface area contributed by atoms with E-state index in [4.69, 9.17) is 11.5 Å². The second-order valence-electron chi connectivity index (χ2n) is 7.97. The lowest BCUT2D eigenvalue weighted by atomic mass is 9.89. The van der Waals surface area contributed by atoms with E-state index in [-0.39, 0.29) is 0 Å². The van der Waals surface area contributed by atoms with E-state index >= 15 is 0 Å². The Morgan fingerprint density at radius 3 is 0.933 bits per heavy atom. The maximum absolute atomic E-state index is 5.87. The first-order chi connectivity index (χ1) is 14.7. The molecule has 6 rings (SSSR count). The Morgan fingerprint density at radius 1 is 0.333 bits per heavy atom. The van der Waals surface area contributed by atoms with Crippen LogP contribution in [-0.2, 0) is 0 Å². The molecule has 0 heterocycles. The van der Waals surface area contributed by atoms with Crippen LogP contribution in [0.4, 0.5) is 11.4 Å². The second kappa shape index (κ2) is 6.23.